The second-order valence-corrected chi connectivity index (χ2v) is 4.31. The Kier molecular flexibility index (Phi) is 4.73. The van der Waals surface area contributed by atoms with Gasteiger partial charge in [0, 0.05) is 19.1 Å². The summed E-state index contributed by atoms with van der Waals surface area (Å²) in [6.45, 7) is 7.33. The monoisotopic (exact) mass is 227 g/mol. The molecule has 1 rings (SSSR count). The second-order valence-electron chi connectivity index (χ2n) is 4.31. The first-order valence-corrected chi connectivity index (χ1v) is 5.86. The quantitative estimate of drug-likeness (QED) is 0.694. The van der Waals surface area contributed by atoms with Crippen LogP contribution in [0.25, 0.3) is 0 Å². The lowest BCUT2D eigenvalue weighted by molar-refractivity contribution is -0.139. The van der Waals surface area contributed by atoms with Crippen molar-refractivity contribution >= 4 is 11.8 Å². The Morgan fingerprint density at radius 1 is 1.69 bits per heavy atom. The lowest BCUT2D eigenvalue weighted by Crippen LogP contribution is -2.56. The number of nitrogens with zero attached hydrogens (tertiary/aromatic N) is 1. The van der Waals surface area contributed by atoms with Crippen LogP contribution in [0.15, 0.2) is 0 Å². The van der Waals surface area contributed by atoms with Crippen LogP contribution in [0, 0.1) is 0 Å². The molecule has 5 nitrogen and oxygen atoms in total. The molecule has 2 N–H and O–H groups in total. The third-order valence-corrected chi connectivity index (χ3v) is 2.87. The Labute approximate surface area is 96.6 Å². The summed E-state index contributed by atoms with van der Waals surface area (Å²) in [5.74, 6) is -0.0673. The molecule has 1 aliphatic heterocycles. The highest BCUT2D eigenvalue weighted by molar-refractivity contribution is 5.87. The molecule has 0 saturated carbocycles. The molecule has 2 atom stereocenters. The summed E-state index contributed by atoms with van der Waals surface area (Å²) in [6.07, 6.45) is 0.900. The second kappa shape index (κ2) is 5.84. The zero-order chi connectivity index (χ0) is 12.1. The third kappa shape index (κ3) is 3.48. The number of hydrogen-bond acceptors (Lipinski definition) is 3. The van der Waals surface area contributed by atoms with E-state index >= 15 is 0 Å². The van der Waals surface area contributed by atoms with Gasteiger partial charge in [-0.15, -0.1) is 0 Å². The molecule has 2 amide bonds. The fourth-order valence-electron chi connectivity index (χ4n) is 1.64. The van der Waals surface area contributed by atoms with Gasteiger partial charge in [0.15, 0.2) is 0 Å². The van der Waals surface area contributed by atoms with Crippen LogP contribution < -0.4 is 10.6 Å². The van der Waals surface area contributed by atoms with Crippen molar-refractivity contribution in [3.8, 4) is 0 Å². The maximum Gasteiger partial charge on any atom is 0.239 e. The third-order valence-electron chi connectivity index (χ3n) is 2.87. The predicted molar refractivity (Wildman–Crippen MR) is 61.9 cm³/mol. The summed E-state index contributed by atoms with van der Waals surface area (Å²) in [6, 6.07) is -0.00640. The number of carbonyl (C=O) groups excluding carboxylic acids is 2. The molecule has 0 spiro atoms. The number of nitrogens with one attached hydrogen (secondary N) is 2. The molecule has 1 fully saturated rings. The minimum atomic E-state index is -0.176. The average molecular weight is 227 g/mol. The summed E-state index contributed by atoms with van der Waals surface area (Å²) in [5, 5.41) is 5.92. The maximum atomic E-state index is 11.7. The van der Waals surface area contributed by atoms with E-state index in [1.165, 1.54) is 0 Å². The highest BCUT2D eigenvalue weighted by Crippen LogP contribution is 2.00. The summed E-state index contributed by atoms with van der Waals surface area (Å²) in [5.41, 5.74) is 0. The van der Waals surface area contributed by atoms with E-state index in [0.29, 0.717) is 6.54 Å². The SMILES string of the molecule is CCC(C)NC(=O)CN1CCNC(C)C1=O. The summed E-state index contributed by atoms with van der Waals surface area (Å²) in [7, 11) is 0. The molecule has 0 aromatic heterocycles. The van der Waals surface area contributed by atoms with Crippen molar-refractivity contribution in [1.82, 2.24) is 15.5 Å². The fourth-order valence-corrected chi connectivity index (χ4v) is 1.64. The van der Waals surface area contributed by atoms with Gasteiger partial charge in [-0.1, -0.05) is 6.92 Å². The van der Waals surface area contributed by atoms with Crippen LogP contribution in [0.5, 0.6) is 0 Å². The molecule has 1 aliphatic rings. The van der Waals surface area contributed by atoms with Gasteiger partial charge in [-0.05, 0) is 20.3 Å². The van der Waals surface area contributed by atoms with Crippen molar-refractivity contribution in [2.24, 2.45) is 0 Å². The van der Waals surface area contributed by atoms with Gasteiger partial charge in [0.1, 0.15) is 0 Å². The molecule has 16 heavy (non-hydrogen) atoms. The Morgan fingerprint density at radius 3 is 3.00 bits per heavy atom. The molecular formula is C11H21N3O2. The molecule has 1 saturated heterocycles. The molecular weight excluding hydrogens is 206 g/mol. The zero-order valence-electron chi connectivity index (χ0n) is 10.2. The Morgan fingerprint density at radius 2 is 2.38 bits per heavy atom. The zero-order valence-corrected chi connectivity index (χ0v) is 10.2. The lowest BCUT2D eigenvalue weighted by Gasteiger charge is -2.31. The van der Waals surface area contributed by atoms with Crippen molar-refractivity contribution in [3.63, 3.8) is 0 Å². The number of amides is 2. The minimum Gasteiger partial charge on any atom is -0.352 e. The van der Waals surface area contributed by atoms with E-state index in [1.807, 2.05) is 20.8 Å². The van der Waals surface area contributed by atoms with Crippen LogP contribution >= 0.6 is 0 Å². The molecule has 0 aromatic rings. The van der Waals surface area contributed by atoms with E-state index in [4.69, 9.17) is 0 Å². The normalized spacial score (nSPS) is 23.1. The van der Waals surface area contributed by atoms with Crippen molar-refractivity contribution in [3.05, 3.63) is 0 Å². The maximum absolute atomic E-state index is 11.7. The molecule has 5 heteroatoms. The first kappa shape index (κ1) is 13.0. The van der Waals surface area contributed by atoms with Gasteiger partial charge in [-0.25, -0.2) is 0 Å². The Bertz CT molecular complexity index is 268. The number of rotatable bonds is 4. The van der Waals surface area contributed by atoms with E-state index in [2.05, 4.69) is 10.6 Å². The van der Waals surface area contributed by atoms with Crippen LogP contribution in [0.1, 0.15) is 27.2 Å². The summed E-state index contributed by atoms with van der Waals surface area (Å²) in [4.78, 5) is 24.9. The molecule has 92 valence electrons. The molecule has 0 aromatic carbocycles. The van der Waals surface area contributed by atoms with Gasteiger partial charge in [0.25, 0.3) is 0 Å². The number of carbonyl (C=O) groups is 2. The largest absolute Gasteiger partial charge is 0.352 e. The first-order valence-electron chi connectivity index (χ1n) is 5.86. The molecule has 0 aliphatic carbocycles. The van der Waals surface area contributed by atoms with Crippen molar-refractivity contribution < 1.29 is 9.59 Å². The minimum absolute atomic E-state index is 0.00514. The topological polar surface area (TPSA) is 61.4 Å². The molecule has 0 bridgehead atoms. The van der Waals surface area contributed by atoms with Crippen LogP contribution in [-0.2, 0) is 9.59 Å². The van der Waals surface area contributed by atoms with E-state index in [9.17, 15) is 9.59 Å². The van der Waals surface area contributed by atoms with Gasteiger partial charge in [0.05, 0.1) is 12.6 Å². The van der Waals surface area contributed by atoms with Gasteiger partial charge in [0.2, 0.25) is 11.8 Å². The smallest absolute Gasteiger partial charge is 0.239 e. The molecule has 1 heterocycles. The van der Waals surface area contributed by atoms with E-state index in [1.54, 1.807) is 4.90 Å². The number of piperazine rings is 1. The fraction of sp³-hybridized carbons (Fsp3) is 0.818. The van der Waals surface area contributed by atoms with Crippen LogP contribution in [0.3, 0.4) is 0 Å². The van der Waals surface area contributed by atoms with E-state index in [-0.39, 0.29) is 30.4 Å². The van der Waals surface area contributed by atoms with Crippen molar-refractivity contribution in [1.29, 1.82) is 0 Å². The Hall–Kier alpha value is -1.10. The highest BCUT2D eigenvalue weighted by atomic mass is 16.2. The Balaban J connectivity index is 2.41. The highest BCUT2D eigenvalue weighted by Gasteiger charge is 2.26. The van der Waals surface area contributed by atoms with Gasteiger partial charge in [-0.3, -0.25) is 9.59 Å². The van der Waals surface area contributed by atoms with Crippen LogP contribution in [-0.4, -0.2) is 48.4 Å². The summed E-state index contributed by atoms with van der Waals surface area (Å²) < 4.78 is 0. The van der Waals surface area contributed by atoms with Crippen molar-refractivity contribution in [2.45, 2.75) is 39.3 Å². The lowest BCUT2D eigenvalue weighted by atomic mass is 10.2. The van der Waals surface area contributed by atoms with E-state index in [0.717, 1.165) is 13.0 Å². The average Bonchev–Trinajstić information content (AvgIpc) is 2.24. The van der Waals surface area contributed by atoms with Gasteiger partial charge >= 0.3 is 0 Å². The van der Waals surface area contributed by atoms with E-state index < -0.39 is 0 Å². The standard InChI is InChI=1S/C11H21N3O2/c1-4-8(2)13-10(15)7-14-6-5-12-9(3)11(14)16/h8-9,12H,4-7H2,1-3H3,(H,13,15). The first-order chi connectivity index (χ1) is 7.54. The van der Waals surface area contributed by atoms with Gasteiger partial charge in [-0.2, -0.15) is 0 Å². The predicted octanol–water partition coefficient (Wildman–Crippen LogP) is -0.279. The molecule has 2 unspecified atom stereocenters. The van der Waals surface area contributed by atoms with Crippen molar-refractivity contribution in [2.75, 3.05) is 19.6 Å². The van der Waals surface area contributed by atoms with Crippen LogP contribution in [0.4, 0.5) is 0 Å². The molecule has 0 radical (unpaired) electrons. The van der Waals surface area contributed by atoms with Gasteiger partial charge < -0.3 is 15.5 Å². The number of hydrogen-bond donors (Lipinski definition) is 2. The van der Waals surface area contributed by atoms with Crippen LogP contribution in [0.2, 0.25) is 0 Å². The summed E-state index contributed by atoms with van der Waals surface area (Å²) >= 11 is 0.